The number of hydrogen-bond acceptors (Lipinski definition) is 6. The molecule has 0 radical (unpaired) electrons. The third-order valence-corrected chi connectivity index (χ3v) is 3.39. The van der Waals surface area contributed by atoms with Crippen molar-refractivity contribution in [1.29, 1.82) is 0 Å². The van der Waals surface area contributed by atoms with Gasteiger partial charge >= 0.3 is 0 Å². The van der Waals surface area contributed by atoms with Crippen LogP contribution < -0.4 is 0 Å². The van der Waals surface area contributed by atoms with Crippen LogP contribution in [0, 0.1) is 0 Å². The molecule has 0 aromatic carbocycles. The Labute approximate surface area is 110 Å². The van der Waals surface area contributed by atoms with Gasteiger partial charge in [-0.25, -0.2) is 4.98 Å². The van der Waals surface area contributed by atoms with Gasteiger partial charge in [0, 0.05) is 12.4 Å². The molecule has 7 nitrogen and oxygen atoms in total. The minimum Gasteiger partial charge on any atom is -0.388 e. The highest BCUT2D eigenvalue weighted by atomic mass is 16.8. The van der Waals surface area contributed by atoms with E-state index in [4.69, 9.17) is 14.2 Å². The van der Waals surface area contributed by atoms with Crippen LogP contribution in [0.25, 0.3) is 0 Å². The Morgan fingerprint density at radius 3 is 2.84 bits per heavy atom. The first kappa shape index (κ1) is 13.0. The number of rotatable bonds is 3. The first-order valence-electron chi connectivity index (χ1n) is 6.29. The summed E-state index contributed by atoms with van der Waals surface area (Å²) in [5.41, 5.74) is 0. The summed E-state index contributed by atoms with van der Waals surface area (Å²) in [6.07, 6.45) is 1.28. The van der Waals surface area contributed by atoms with Gasteiger partial charge in [0.25, 0.3) is 0 Å². The van der Waals surface area contributed by atoms with Crippen LogP contribution in [-0.4, -0.2) is 56.3 Å². The summed E-state index contributed by atoms with van der Waals surface area (Å²) >= 11 is 0. The van der Waals surface area contributed by atoms with E-state index in [2.05, 4.69) is 4.98 Å². The average molecular weight is 270 g/mol. The van der Waals surface area contributed by atoms with Crippen LogP contribution in [0.2, 0.25) is 0 Å². The molecule has 7 heteroatoms. The fourth-order valence-electron chi connectivity index (χ4n) is 2.55. The lowest BCUT2D eigenvalue weighted by Crippen LogP contribution is -2.42. The maximum atomic E-state index is 10.2. The van der Waals surface area contributed by atoms with E-state index in [1.54, 1.807) is 37.1 Å². The Balaban J connectivity index is 1.65. The van der Waals surface area contributed by atoms with E-state index >= 15 is 0 Å². The van der Waals surface area contributed by atoms with Gasteiger partial charge in [0.15, 0.2) is 12.1 Å². The smallest absolute Gasteiger partial charge is 0.190 e. The highest BCUT2D eigenvalue weighted by molar-refractivity contribution is 4.96. The van der Waals surface area contributed by atoms with Crippen molar-refractivity contribution >= 4 is 0 Å². The van der Waals surface area contributed by atoms with Crippen molar-refractivity contribution in [1.82, 2.24) is 9.55 Å². The second kappa shape index (κ2) is 4.53. The number of hydrogen-bond donors (Lipinski definition) is 2. The molecule has 0 saturated carbocycles. The quantitative estimate of drug-likeness (QED) is 0.769. The van der Waals surface area contributed by atoms with Gasteiger partial charge in [-0.05, 0) is 13.8 Å². The molecule has 19 heavy (non-hydrogen) atoms. The third-order valence-electron chi connectivity index (χ3n) is 3.39. The summed E-state index contributed by atoms with van der Waals surface area (Å²) in [6.45, 7) is 3.82. The molecule has 1 aromatic rings. The topological polar surface area (TPSA) is 86.0 Å². The van der Waals surface area contributed by atoms with Gasteiger partial charge in [0.05, 0.1) is 12.9 Å². The van der Waals surface area contributed by atoms with Crippen LogP contribution >= 0.6 is 0 Å². The number of nitrogens with zero attached hydrogens (tertiary/aromatic N) is 2. The van der Waals surface area contributed by atoms with E-state index in [1.165, 1.54) is 0 Å². The molecular formula is C12H18N2O5. The maximum Gasteiger partial charge on any atom is 0.190 e. The molecule has 0 aliphatic carbocycles. The summed E-state index contributed by atoms with van der Waals surface area (Å²) in [5, 5.41) is 20.3. The van der Waals surface area contributed by atoms with Crippen molar-refractivity contribution in [2.24, 2.45) is 0 Å². The van der Waals surface area contributed by atoms with Crippen LogP contribution in [0.5, 0.6) is 0 Å². The minimum absolute atomic E-state index is 0.296. The number of aliphatic hydroxyl groups excluding tert-OH is 2. The molecule has 106 valence electrons. The van der Waals surface area contributed by atoms with E-state index < -0.39 is 36.5 Å². The zero-order valence-corrected chi connectivity index (χ0v) is 10.8. The van der Waals surface area contributed by atoms with Crippen molar-refractivity contribution < 1.29 is 24.4 Å². The van der Waals surface area contributed by atoms with Crippen molar-refractivity contribution in [3.8, 4) is 0 Å². The molecule has 2 fully saturated rings. The lowest BCUT2D eigenvalue weighted by Gasteiger charge is -2.25. The van der Waals surface area contributed by atoms with Crippen molar-refractivity contribution in [2.75, 3.05) is 0 Å². The zero-order chi connectivity index (χ0) is 13.6. The Morgan fingerprint density at radius 2 is 2.21 bits per heavy atom. The van der Waals surface area contributed by atoms with E-state index in [0.29, 0.717) is 6.54 Å². The summed E-state index contributed by atoms with van der Waals surface area (Å²) < 4.78 is 18.4. The standard InChI is InChI=1S/C12H18N2O5/c1-12(2)18-10-8(16)9(17-11(10)19-12)7(15)5-14-4-3-13-6-14/h3-4,6-11,15-16H,5H2,1-2H3. The lowest BCUT2D eigenvalue weighted by atomic mass is 10.1. The Morgan fingerprint density at radius 1 is 1.42 bits per heavy atom. The predicted molar refractivity (Wildman–Crippen MR) is 62.9 cm³/mol. The second-order valence-corrected chi connectivity index (χ2v) is 5.39. The van der Waals surface area contributed by atoms with Crippen molar-refractivity contribution in [2.45, 2.75) is 56.9 Å². The second-order valence-electron chi connectivity index (χ2n) is 5.39. The number of fused-ring (bicyclic) bond motifs is 1. The number of aromatic nitrogens is 2. The molecule has 5 unspecified atom stereocenters. The van der Waals surface area contributed by atoms with Crippen LogP contribution in [-0.2, 0) is 20.8 Å². The molecule has 2 saturated heterocycles. The fourth-order valence-corrected chi connectivity index (χ4v) is 2.55. The molecule has 3 rings (SSSR count). The van der Waals surface area contributed by atoms with Gasteiger partial charge < -0.3 is 29.0 Å². The Kier molecular flexibility index (Phi) is 3.11. The van der Waals surface area contributed by atoms with Gasteiger partial charge in [0.2, 0.25) is 0 Å². The van der Waals surface area contributed by atoms with Gasteiger partial charge in [-0.2, -0.15) is 0 Å². The van der Waals surface area contributed by atoms with E-state index in [-0.39, 0.29) is 0 Å². The van der Waals surface area contributed by atoms with E-state index in [1.807, 2.05) is 0 Å². The predicted octanol–water partition coefficient (Wildman–Crippen LogP) is -0.519. The molecule has 5 atom stereocenters. The van der Waals surface area contributed by atoms with Crippen molar-refractivity contribution in [3.05, 3.63) is 18.7 Å². The zero-order valence-electron chi connectivity index (χ0n) is 10.8. The SMILES string of the molecule is CC1(C)OC2OC(C(O)Cn3ccnc3)C(O)C2O1. The summed E-state index contributed by atoms with van der Waals surface area (Å²) in [7, 11) is 0. The number of ether oxygens (including phenoxy) is 3. The van der Waals surface area contributed by atoms with Gasteiger partial charge in [0.1, 0.15) is 24.4 Å². The number of imidazole rings is 1. The van der Waals surface area contributed by atoms with E-state index in [0.717, 1.165) is 0 Å². The van der Waals surface area contributed by atoms with Crippen LogP contribution in [0.3, 0.4) is 0 Å². The van der Waals surface area contributed by atoms with Gasteiger partial charge in [-0.1, -0.05) is 0 Å². The average Bonchev–Trinajstić information content (AvgIpc) is 2.97. The largest absolute Gasteiger partial charge is 0.388 e. The molecule has 2 aliphatic heterocycles. The normalized spacial score (nSPS) is 38.3. The van der Waals surface area contributed by atoms with Gasteiger partial charge in [-0.3, -0.25) is 0 Å². The van der Waals surface area contributed by atoms with Crippen LogP contribution in [0.4, 0.5) is 0 Å². The summed E-state index contributed by atoms with van der Waals surface area (Å²) in [5.74, 6) is -0.767. The summed E-state index contributed by atoms with van der Waals surface area (Å²) in [4.78, 5) is 3.90. The number of aliphatic hydroxyl groups is 2. The van der Waals surface area contributed by atoms with Gasteiger partial charge in [-0.15, -0.1) is 0 Å². The van der Waals surface area contributed by atoms with Crippen LogP contribution in [0.15, 0.2) is 18.7 Å². The fraction of sp³-hybridized carbons (Fsp3) is 0.750. The monoisotopic (exact) mass is 270 g/mol. The Hall–Kier alpha value is -0.990. The molecular weight excluding hydrogens is 252 g/mol. The van der Waals surface area contributed by atoms with Crippen LogP contribution in [0.1, 0.15) is 13.8 Å². The molecule has 0 bridgehead atoms. The molecule has 0 amide bonds. The van der Waals surface area contributed by atoms with Crippen molar-refractivity contribution in [3.63, 3.8) is 0 Å². The lowest BCUT2D eigenvalue weighted by molar-refractivity contribution is -0.226. The molecule has 2 N–H and O–H groups in total. The Bertz CT molecular complexity index is 435. The molecule has 2 aliphatic rings. The first-order valence-corrected chi connectivity index (χ1v) is 6.29. The summed E-state index contributed by atoms with van der Waals surface area (Å²) in [6, 6.07) is 0. The highest BCUT2D eigenvalue weighted by Crippen LogP contribution is 2.38. The van der Waals surface area contributed by atoms with E-state index in [9.17, 15) is 10.2 Å². The molecule has 0 spiro atoms. The molecule has 3 heterocycles. The molecule has 1 aromatic heterocycles. The highest BCUT2D eigenvalue weighted by Gasteiger charge is 2.55. The maximum absolute atomic E-state index is 10.2. The third kappa shape index (κ3) is 2.39. The first-order chi connectivity index (χ1) is 8.96. The minimum atomic E-state index is -0.912.